The first kappa shape index (κ1) is 13.3. The number of carbonyl (C=O) groups excluding carboxylic acids is 1. The van der Waals surface area contributed by atoms with Crippen LogP contribution in [0.1, 0.15) is 12.0 Å². The van der Waals surface area contributed by atoms with Crippen LogP contribution >= 0.6 is 11.6 Å². The zero-order valence-electron chi connectivity index (χ0n) is 9.75. The predicted octanol–water partition coefficient (Wildman–Crippen LogP) is 0.785. The number of amides is 1. The lowest BCUT2D eigenvalue weighted by atomic mass is 10.1. The van der Waals surface area contributed by atoms with Crippen molar-refractivity contribution in [2.75, 3.05) is 6.54 Å². The van der Waals surface area contributed by atoms with Crippen LogP contribution in [0.15, 0.2) is 18.2 Å². The zero-order chi connectivity index (χ0) is 13.1. The van der Waals surface area contributed by atoms with Crippen molar-refractivity contribution in [1.82, 2.24) is 10.6 Å². The summed E-state index contributed by atoms with van der Waals surface area (Å²) in [6, 6.07) is 3.98. The molecule has 1 fully saturated rings. The number of halogens is 2. The summed E-state index contributed by atoms with van der Waals surface area (Å²) in [4.78, 5) is 11.8. The van der Waals surface area contributed by atoms with Gasteiger partial charge in [-0.05, 0) is 24.6 Å². The van der Waals surface area contributed by atoms with Gasteiger partial charge in [-0.1, -0.05) is 11.6 Å². The average molecular weight is 272 g/mol. The van der Waals surface area contributed by atoms with Crippen molar-refractivity contribution in [3.05, 3.63) is 34.6 Å². The van der Waals surface area contributed by atoms with Gasteiger partial charge >= 0.3 is 0 Å². The molecule has 98 valence electrons. The SMILES string of the molecule is NC1CNC(C(=O)NCc2cc(Cl)ccc2F)C1. The molecule has 18 heavy (non-hydrogen) atoms. The molecule has 0 spiro atoms. The van der Waals surface area contributed by atoms with Gasteiger partial charge in [0.15, 0.2) is 0 Å². The molecule has 2 rings (SSSR count). The summed E-state index contributed by atoms with van der Waals surface area (Å²) in [5, 5.41) is 6.13. The third-order valence-electron chi connectivity index (χ3n) is 2.94. The molecule has 6 heteroatoms. The molecule has 0 aliphatic carbocycles. The Hall–Kier alpha value is -1.17. The van der Waals surface area contributed by atoms with Crippen LogP contribution in [0.3, 0.4) is 0 Å². The van der Waals surface area contributed by atoms with E-state index in [1.54, 1.807) is 0 Å². The highest BCUT2D eigenvalue weighted by atomic mass is 35.5. The lowest BCUT2D eigenvalue weighted by Gasteiger charge is -2.11. The quantitative estimate of drug-likeness (QED) is 0.761. The number of carbonyl (C=O) groups is 1. The van der Waals surface area contributed by atoms with Crippen molar-refractivity contribution in [3.8, 4) is 0 Å². The van der Waals surface area contributed by atoms with Crippen molar-refractivity contribution < 1.29 is 9.18 Å². The van der Waals surface area contributed by atoms with E-state index in [1.807, 2.05) is 0 Å². The zero-order valence-corrected chi connectivity index (χ0v) is 10.5. The Labute approximate surface area is 110 Å². The van der Waals surface area contributed by atoms with Gasteiger partial charge in [-0.2, -0.15) is 0 Å². The highest BCUT2D eigenvalue weighted by molar-refractivity contribution is 6.30. The van der Waals surface area contributed by atoms with E-state index in [0.29, 0.717) is 23.6 Å². The van der Waals surface area contributed by atoms with Gasteiger partial charge in [0.2, 0.25) is 5.91 Å². The molecule has 0 radical (unpaired) electrons. The van der Waals surface area contributed by atoms with Gasteiger partial charge in [0.05, 0.1) is 6.04 Å². The third-order valence-corrected chi connectivity index (χ3v) is 3.18. The molecule has 0 aromatic heterocycles. The fourth-order valence-corrected chi connectivity index (χ4v) is 2.14. The number of rotatable bonds is 3. The van der Waals surface area contributed by atoms with Gasteiger partial charge in [0, 0.05) is 29.7 Å². The minimum absolute atomic E-state index is 0.00339. The molecule has 1 amide bonds. The van der Waals surface area contributed by atoms with Crippen LogP contribution in [0.5, 0.6) is 0 Å². The van der Waals surface area contributed by atoms with Gasteiger partial charge in [-0.15, -0.1) is 0 Å². The monoisotopic (exact) mass is 271 g/mol. The Kier molecular flexibility index (Phi) is 4.16. The number of hydrogen-bond acceptors (Lipinski definition) is 3. The van der Waals surface area contributed by atoms with Crippen LogP contribution in [0, 0.1) is 5.82 Å². The van der Waals surface area contributed by atoms with E-state index in [0.717, 1.165) is 0 Å². The van der Waals surface area contributed by atoms with E-state index in [2.05, 4.69) is 10.6 Å². The largest absolute Gasteiger partial charge is 0.351 e. The number of benzene rings is 1. The number of hydrogen-bond donors (Lipinski definition) is 3. The van der Waals surface area contributed by atoms with E-state index in [4.69, 9.17) is 17.3 Å². The minimum atomic E-state index is -0.379. The second kappa shape index (κ2) is 5.65. The summed E-state index contributed by atoms with van der Waals surface area (Å²) < 4.78 is 13.4. The molecule has 2 unspecified atom stereocenters. The summed E-state index contributed by atoms with van der Waals surface area (Å²) in [7, 11) is 0. The Morgan fingerprint density at radius 3 is 3.06 bits per heavy atom. The molecule has 0 bridgehead atoms. The normalized spacial score (nSPS) is 23.1. The van der Waals surface area contributed by atoms with Crippen LogP contribution in [0.4, 0.5) is 4.39 Å². The minimum Gasteiger partial charge on any atom is -0.351 e. The Balaban J connectivity index is 1.91. The smallest absolute Gasteiger partial charge is 0.237 e. The maximum atomic E-state index is 13.4. The van der Waals surface area contributed by atoms with Crippen molar-refractivity contribution in [3.63, 3.8) is 0 Å². The van der Waals surface area contributed by atoms with E-state index in [-0.39, 0.29) is 30.4 Å². The Bertz CT molecular complexity index is 455. The van der Waals surface area contributed by atoms with Crippen molar-refractivity contribution >= 4 is 17.5 Å². The molecule has 1 heterocycles. The van der Waals surface area contributed by atoms with E-state index in [9.17, 15) is 9.18 Å². The van der Waals surface area contributed by atoms with Crippen LogP contribution in [-0.4, -0.2) is 24.5 Å². The first-order chi connectivity index (χ1) is 8.56. The Morgan fingerprint density at radius 1 is 1.61 bits per heavy atom. The van der Waals surface area contributed by atoms with Crippen molar-refractivity contribution in [2.45, 2.75) is 25.0 Å². The summed E-state index contributed by atoms with van der Waals surface area (Å²) in [5.74, 6) is -0.543. The summed E-state index contributed by atoms with van der Waals surface area (Å²) in [6.45, 7) is 0.752. The molecular weight excluding hydrogens is 257 g/mol. The second-order valence-corrected chi connectivity index (χ2v) is 4.85. The summed E-state index contributed by atoms with van der Waals surface area (Å²) >= 11 is 5.77. The molecule has 4 nitrogen and oxygen atoms in total. The van der Waals surface area contributed by atoms with Crippen molar-refractivity contribution in [1.29, 1.82) is 0 Å². The summed E-state index contributed by atoms with van der Waals surface area (Å²) in [5.41, 5.74) is 6.07. The third kappa shape index (κ3) is 3.19. The summed E-state index contributed by atoms with van der Waals surface area (Å²) in [6.07, 6.45) is 0.601. The molecule has 0 saturated carbocycles. The van der Waals surface area contributed by atoms with Crippen LogP contribution in [0.2, 0.25) is 5.02 Å². The first-order valence-electron chi connectivity index (χ1n) is 5.77. The van der Waals surface area contributed by atoms with Crippen LogP contribution < -0.4 is 16.4 Å². The van der Waals surface area contributed by atoms with E-state index >= 15 is 0 Å². The highest BCUT2D eigenvalue weighted by Gasteiger charge is 2.26. The van der Waals surface area contributed by atoms with Crippen LogP contribution in [0.25, 0.3) is 0 Å². The van der Waals surface area contributed by atoms with Gasteiger partial charge in [-0.3, -0.25) is 4.79 Å². The lowest BCUT2D eigenvalue weighted by Crippen LogP contribution is -2.40. The molecule has 4 N–H and O–H groups in total. The molecule has 1 aliphatic rings. The topological polar surface area (TPSA) is 67.1 Å². The molecule has 1 aliphatic heterocycles. The highest BCUT2D eigenvalue weighted by Crippen LogP contribution is 2.14. The average Bonchev–Trinajstić information content (AvgIpc) is 2.77. The molecular formula is C12H15ClFN3O. The fourth-order valence-electron chi connectivity index (χ4n) is 1.95. The van der Waals surface area contributed by atoms with Crippen LogP contribution in [-0.2, 0) is 11.3 Å². The second-order valence-electron chi connectivity index (χ2n) is 4.41. The van der Waals surface area contributed by atoms with Gasteiger partial charge in [0.1, 0.15) is 5.82 Å². The fraction of sp³-hybridized carbons (Fsp3) is 0.417. The van der Waals surface area contributed by atoms with Gasteiger partial charge in [0.25, 0.3) is 0 Å². The van der Waals surface area contributed by atoms with E-state index < -0.39 is 0 Å². The first-order valence-corrected chi connectivity index (χ1v) is 6.14. The predicted molar refractivity (Wildman–Crippen MR) is 67.6 cm³/mol. The maximum absolute atomic E-state index is 13.4. The number of nitrogens with two attached hydrogens (primary N) is 1. The number of nitrogens with one attached hydrogen (secondary N) is 2. The molecule has 2 atom stereocenters. The lowest BCUT2D eigenvalue weighted by molar-refractivity contribution is -0.122. The van der Waals surface area contributed by atoms with Gasteiger partial charge in [-0.25, -0.2) is 4.39 Å². The van der Waals surface area contributed by atoms with Crippen molar-refractivity contribution in [2.24, 2.45) is 5.73 Å². The van der Waals surface area contributed by atoms with E-state index in [1.165, 1.54) is 18.2 Å². The molecule has 1 aromatic rings. The van der Waals surface area contributed by atoms with Gasteiger partial charge < -0.3 is 16.4 Å². The maximum Gasteiger partial charge on any atom is 0.237 e. The standard InChI is InChI=1S/C12H15ClFN3O/c13-8-1-2-10(14)7(3-8)5-17-12(18)11-4-9(15)6-16-11/h1-3,9,11,16H,4-6,15H2,(H,17,18). The Morgan fingerprint density at radius 2 is 2.39 bits per heavy atom. The molecule has 1 saturated heterocycles. The molecule has 1 aromatic carbocycles.